The number of aromatic amines is 1. The first-order chi connectivity index (χ1) is 17.7. The van der Waals surface area contributed by atoms with E-state index in [1.54, 1.807) is 20.8 Å². The van der Waals surface area contributed by atoms with Gasteiger partial charge in [0.2, 0.25) is 0 Å². The molecule has 2 aromatic rings. The van der Waals surface area contributed by atoms with Gasteiger partial charge in [-0.1, -0.05) is 12.1 Å². The first-order valence-electron chi connectivity index (χ1n) is 12.4. The number of nitrogens with zero attached hydrogens (tertiary/aromatic N) is 2. The van der Waals surface area contributed by atoms with Crippen molar-refractivity contribution in [2.75, 3.05) is 46.0 Å². The van der Waals surface area contributed by atoms with Gasteiger partial charge in [0.1, 0.15) is 17.3 Å². The number of ketones is 1. The Labute approximate surface area is 214 Å². The maximum absolute atomic E-state index is 13.7. The molecule has 1 aromatic carbocycles. The summed E-state index contributed by atoms with van der Waals surface area (Å²) >= 11 is 0. The number of esters is 1. The smallest absolute Gasteiger partial charge is 0.355 e. The molecule has 0 bridgehead atoms. The number of aromatic nitrogens is 1. The molecule has 0 aliphatic carbocycles. The highest BCUT2D eigenvalue weighted by Gasteiger charge is 2.46. The van der Waals surface area contributed by atoms with Gasteiger partial charge in [0, 0.05) is 37.4 Å². The van der Waals surface area contributed by atoms with Crippen molar-refractivity contribution in [3.05, 3.63) is 63.7 Å². The van der Waals surface area contributed by atoms with Crippen LogP contribution in [0, 0.1) is 19.7 Å². The monoisotopic (exact) mass is 513 g/mol. The fourth-order valence-electron chi connectivity index (χ4n) is 5.04. The molecule has 4 rings (SSSR count). The average molecular weight is 514 g/mol. The molecule has 1 atom stereocenters. The van der Waals surface area contributed by atoms with Gasteiger partial charge in [0.25, 0.3) is 11.7 Å². The van der Waals surface area contributed by atoms with Crippen molar-refractivity contribution in [3.8, 4) is 0 Å². The van der Waals surface area contributed by atoms with E-state index >= 15 is 0 Å². The normalized spacial score (nSPS) is 20.0. The maximum Gasteiger partial charge on any atom is 0.355 e. The van der Waals surface area contributed by atoms with Crippen LogP contribution in [-0.4, -0.2) is 83.5 Å². The number of ether oxygens (including phenoxy) is 2. The number of likely N-dealkylation sites (tertiary alicyclic amines) is 1. The van der Waals surface area contributed by atoms with Crippen LogP contribution in [0.5, 0.6) is 0 Å². The molecule has 0 unspecified atom stereocenters. The van der Waals surface area contributed by atoms with Crippen LogP contribution in [-0.2, 0) is 19.1 Å². The summed E-state index contributed by atoms with van der Waals surface area (Å²) in [4.78, 5) is 45.5. The number of aryl methyl sites for hydroxylation is 1. The molecular weight excluding hydrogens is 481 g/mol. The summed E-state index contributed by atoms with van der Waals surface area (Å²) in [5, 5.41) is 11.4. The summed E-state index contributed by atoms with van der Waals surface area (Å²) < 4.78 is 24.2. The van der Waals surface area contributed by atoms with E-state index in [2.05, 4.69) is 9.88 Å². The van der Waals surface area contributed by atoms with E-state index in [1.807, 2.05) is 0 Å². The van der Waals surface area contributed by atoms with Crippen molar-refractivity contribution in [3.63, 3.8) is 0 Å². The zero-order valence-electron chi connectivity index (χ0n) is 21.3. The van der Waals surface area contributed by atoms with Crippen molar-refractivity contribution in [2.24, 2.45) is 0 Å². The van der Waals surface area contributed by atoms with E-state index in [0.29, 0.717) is 36.5 Å². The lowest BCUT2D eigenvalue weighted by Crippen LogP contribution is -2.38. The number of nitrogens with one attached hydrogen (secondary N) is 1. The van der Waals surface area contributed by atoms with Gasteiger partial charge in [-0.05, 0) is 50.5 Å². The summed E-state index contributed by atoms with van der Waals surface area (Å²) in [5.74, 6) is -2.97. The number of carbonyl (C=O) groups excluding carboxylic acids is 3. The predicted octanol–water partition coefficient (Wildman–Crippen LogP) is 3.09. The fourth-order valence-corrected chi connectivity index (χ4v) is 5.04. The molecule has 1 amide bonds. The molecule has 3 heterocycles. The van der Waals surface area contributed by atoms with Gasteiger partial charge in [0.05, 0.1) is 31.4 Å². The topological polar surface area (TPSA) is 112 Å². The van der Waals surface area contributed by atoms with E-state index in [1.165, 1.54) is 29.2 Å². The number of carbonyl (C=O) groups is 3. The number of amides is 1. The molecule has 2 aliphatic rings. The predicted molar refractivity (Wildman–Crippen MR) is 134 cm³/mol. The Kier molecular flexibility index (Phi) is 8.09. The second-order valence-corrected chi connectivity index (χ2v) is 9.20. The van der Waals surface area contributed by atoms with E-state index < -0.39 is 29.5 Å². The number of hydrogen-bond acceptors (Lipinski definition) is 7. The van der Waals surface area contributed by atoms with Crippen LogP contribution >= 0.6 is 0 Å². The van der Waals surface area contributed by atoms with E-state index in [0.717, 1.165) is 19.6 Å². The van der Waals surface area contributed by atoms with Gasteiger partial charge in [-0.3, -0.25) is 14.5 Å². The van der Waals surface area contributed by atoms with Crippen molar-refractivity contribution in [1.82, 2.24) is 14.8 Å². The molecule has 198 valence electrons. The van der Waals surface area contributed by atoms with E-state index in [-0.39, 0.29) is 35.7 Å². The molecule has 37 heavy (non-hydrogen) atoms. The Balaban J connectivity index is 1.73. The fraction of sp³-hybridized carbons (Fsp3) is 0.444. The van der Waals surface area contributed by atoms with Crippen molar-refractivity contribution < 1.29 is 33.4 Å². The van der Waals surface area contributed by atoms with E-state index in [9.17, 15) is 23.9 Å². The van der Waals surface area contributed by atoms with Crippen molar-refractivity contribution in [1.29, 1.82) is 0 Å². The van der Waals surface area contributed by atoms with Crippen molar-refractivity contribution in [2.45, 2.75) is 33.2 Å². The third-order valence-corrected chi connectivity index (χ3v) is 6.86. The van der Waals surface area contributed by atoms with Gasteiger partial charge in [0.15, 0.2) is 0 Å². The Morgan fingerprint density at radius 2 is 1.84 bits per heavy atom. The Morgan fingerprint density at radius 3 is 2.49 bits per heavy atom. The SMILES string of the molecule is CCOC(=O)c1[nH]c(C)c(C(O)=C2C(=O)C(=O)N(CCCN3CCOCC3)[C@H]2c2ccc(F)cc2)c1C. The van der Waals surface area contributed by atoms with Crippen LogP contribution in [0.25, 0.3) is 5.76 Å². The third-order valence-electron chi connectivity index (χ3n) is 6.86. The molecule has 2 N–H and O–H groups in total. The standard InChI is InChI=1S/C27H32FN3O6/c1-4-37-27(35)22-16(2)20(17(3)29-22)24(32)21-23(18-6-8-19(28)9-7-18)31(26(34)25(21)33)11-5-10-30-12-14-36-15-13-30/h6-9,23,29,32H,4-5,10-15H2,1-3H3/t23-/m0/s1. The molecule has 2 saturated heterocycles. The Morgan fingerprint density at radius 1 is 1.16 bits per heavy atom. The first kappa shape index (κ1) is 26.6. The number of aliphatic hydroxyl groups excluding tert-OH is 1. The molecule has 1 aromatic heterocycles. The number of benzene rings is 1. The summed E-state index contributed by atoms with van der Waals surface area (Å²) in [7, 11) is 0. The van der Waals surface area contributed by atoms with Crippen LogP contribution in [0.3, 0.4) is 0 Å². The molecule has 0 spiro atoms. The van der Waals surface area contributed by atoms with Gasteiger partial charge >= 0.3 is 5.97 Å². The largest absolute Gasteiger partial charge is 0.507 e. The number of hydrogen-bond donors (Lipinski definition) is 2. The number of H-pyrrole nitrogens is 1. The number of rotatable bonds is 8. The number of halogens is 1. The maximum atomic E-state index is 13.7. The minimum atomic E-state index is -0.898. The number of aliphatic hydroxyl groups is 1. The van der Waals surface area contributed by atoms with Crippen LogP contribution < -0.4 is 0 Å². The summed E-state index contributed by atoms with van der Waals surface area (Å²) in [5.41, 5.74) is 1.70. The lowest BCUT2D eigenvalue weighted by molar-refractivity contribution is -0.140. The lowest BCUT2D eigenvalue weighted by Gasteiger charge is -2.29. The minimum Gasteiger partial charge on any atom is -0.507 e. The van der Waals surface area contributed by atoms with E-state index in [4.69, 9.17) is 9.47 Å². The Hall–Kier alpha value is -3.50. The van der Waals surface area contributed by atoms with Gasteiger partial charge in [-0.25, -0.2) is 9.18 Å². The Bertz CT molecular complexity index is 1210. The van der Waals surface area contributed by atoms with Crippen LogP contribution in [0.1, 0.15) is 52.3 Å². The van der Waals surface area contributed by atoms with Gasteiger partial charge in [-0.15, -0.1) is 0 Å². The van der Waals surface area contributed by atoms with Crippen LogP contribution in [0.4, 0.5) is 4.39 Å². The molecular formula is C27H32FN3O6. The number of morpholine rings is 1. The van der Waals surface area contributed by atoms with Gasteiger partial charge in [-0.2, -0.15) is 0 Å². The molecule has 2 aliphatic heterocycles. The quantitative estimate of drug-likeness (QED) is 0.241. The average Bonchev–Trinajstić information content (AvgIpc) is 3.32. The second kappa shape index (κ2) is 11.3. The first-order valence-corrected chi connectivity index (χ1v) is 12.4. The molecule has 0 radical (unpaired) electrons. The molecule has 9 nitrogen and oxygen atoms in total. The highest BCUT2D eigenvalue weighted by atomic mass is 19.1. The number of Topliss-reactive ketones (excluding diaryl/α,β-unsaturated/α-hetero) is 1. The van der Waals surface area contributed by atoms with Crippen LogP contribution in [0.2, 0.25) is 0 Å². The highest BCUT2D eigenvalue weighted by molar-refractivity contribution is 6.46. The second-order valence-electron chi connectivity index (χ2n) is 9.20. The molecule has 10 heteroatoms. The minimum absolute atomic E-state index is 0.0939. The summed E-state index contributed by atoms with van der Waals surface area (Å²) in [6.45, 7) is 9.08. The lowest BCUT2D eigenvalue weighted by atomic mass is 9.94. The molecule has 2 fully saturated rings. The third kappa shape index (κ3) is 5.30. The van der Waals surface area contributed by atoms with Gasteiger partial charge < -0.3 is 24.5 Å². The summed E-state index contributed by atoms with van der Waals surface area (Å²) in [6.07, 6.45) is 0.611. The molecule has 0 saturated carbocycles. The zero-order valence-corrected chi connectivity index (χ0v) is 21.3. The van der Waals surface area contributed by atoms with Crippen molar-refractivity contribution >= 4 is 23.4 Å². The summed E-state index contributed by atoms with van der Waals surface area (Å²) in [6, 6.07) is 4.64. The van der Waals surface area contributed by atoms with Crippen LogP contribution in [0.15, 0.2) is 29.8 Å². The zero-order chi connectivity index (χ0) is 26.7. The highest BCUT2D eigenvalue weighted by Crippen LogP contribution is 2.41.